The average molecular weight is 185 g/mol. The molecule has 0 aliphatic heterocycles. The first-order valence-corrected chi connectivity index (χ1v) is 5.51. The fraction of sp³-hybridized carbons (Fsp3) is 1.00. The highest BCUT2D eigenvalue weighted by Crippen LogP contribution is 2.39. The van der Waals surface area contributed by atoms with Gasteiger partial charge >= 0.3 is 0 Å². The molecular weight excluding hydrogens is 162 g/mol. The molecule has 2 atom stereocenters. The van der Waals surface area contributed by atoms with Crippen LogP contribution in [0.25, 0.3) is 0 Å². The Morgan fingerprint density at radius 2 is 2.15 bits per heavy atom. The van der Waals surface area contributed by atoms with Crippen molar-refractivity contribution in [3.8, 4) is 0 Å². The molecule has 1 saturated carbocycles. The molecule has 0 aromatic heterocycles. The third-order valence-electron chi connectivity index (χ3n) is 3.10. The van der Waals surface area contributed by atoms with Crippen LogP contribution in [0.2, 0.25) is 0 Å². The van der Waals surface area contributed by atoms with E-state index < -0.39 is 0 Å². The van der Waals surface area contributed by atoms with Crippen LogP contribution in [-0.2, 0) is 0 Å². The summed E-state index contributed by atoms with van der Waals surface area (Å²) < 4.78 is 0. The molecule has 2 nitrogen and oxygen atoms in total. The van der Waals surface area contributed by atoms with Gasteiger partial charge in [0.25, 0.3) is 0 Å². The van der Waals surface area contributed by atoms with Gasteiger partial charge in [0, 0.05) is 11.6 Å². The first-order valence-electron chi connectivity index (χ1n) is 5.51. The Balaban J connectivity index is 2.37. The second-order valence-corrected chi connectivity index (χ2v) is 4.68. The molecule has 13 heavy (non-hydrogen) atoms. The van der Waals surface area contributed by atoms with E-state index in [1.54, 1.807) is 0 Å². The molecule has 1 fully saturated rings. The molecule has 0 heterocycles. The quantitative estimate of drug-likeness (QED) is 0.662. The zero-order valence-corrected chi connectivity index (χ0v) is 9.14. The van der Waals surface area contributed by atoms with E-state index in [1.807, 2.05) is 0 Å². The predicted octanol–water partition coefficient (Wildman–Crippen LogP) is 1.93. The van der Waals surface area contributed by atoms with Gasteiger partial charge in [0.05, 0.1) is 6.61 Å². The van der Waals surface area contributed by atoms with Crippen molar-refractivity contribution in [2.24, 2.45) is 5.92 Å². The van der Waals surface area contributed by atoms with Crippen LogP contribution in [0.15, 0.2) is 0 Å². The highest BCUT2D eigenvalue weighted by molar-refractivity contribution is 4.98. The van der Waals surface area contributed by atoms with E-state index in [9.17, 15) is 5.11 Å². The number of rotatable bonds is 6. The third-order valence-corrected chi connectivity index (χ3v) is 3.10. The lowest BCUT2D eigenvalue weighted by Gasteiger charge is -2.32. The first kappa shape index (κ1) is 11.0. The second kappa shape index (κ2) is 4.43. The highest BCUT2D eigenvalue weighted by atomic mass is 16.3. The lowest BCUT2D eigenvalue weighted by atomic mass is 9.95. The van der Waals surface area contributed by atoms with Gasteiger partial charge in [-0.15, -0.1) is 0 Å². The number of aliphatic hydroxyl groups excluding tert-OH is 1. The molecule has 78 valence electrons. The summed E-state index contributed by atoms with van der Waals surface area (Å²) >= 11 is 0. The average Bonchev–Trinajstić information content (AvgIpc) is 2.86. The van der Waals surface area contributed by atoms with Crippen molar-refractivity contribution in [1.82, 2.24) is 5.32 Å². The minimum Gasteiger partial charge on any atom is -0.394 e. The zero-order chi connectivity index (χ0) is 9.90. The molecule has 0 saturated heterocycles. The lowest BCUT2D eigenvalue weighted by Crippen LogP contribution is -2.51. The summed E-state index contributed by atoms with van der Waals surface area (Å²) in [6, 6.07) is 0.530. The van der Waals surface area contributed by atoms with Gasteiger partial charge in [-0.2, -0.15) is 0 Å². The molecule has 2 heteroatoms. The Labute approximate surface area is 81.7 Å². The summed E-state index contributed by atoms with van der Waals surface area (Å²) in [5, 5.41) is 12.9. The summed E-state index contributed by atoms with van der Waals surface area (Å²) in [6.45, 7) is 6.83. The van der Waals surface area contributed by atoms with Crippen LogP contribution >= 0.6 is 0 Å². The largest absolute Gasteiger partial charge is 0.394 e. The monoisotopic (exact) mass is 185 g/mol. The maximum absolute atomic E-state index is 9.35. The molecular formula is C11H23NO. The Morgan fingerprint density at radius 1 is 1.54 bits per heavy atom. The van der Waals surface area contributed by atoms with E-state index >= 15 is 0 Å². The van der Waals surface area contributed by atoms with E-state index in [4.69, 9.17) is 0 Å². The van der Waals surface area contributed by atoms with Crippen LogP contribution in [0, 0.1) is 5.92 Å². The van der Waals surface area contributed by atoms with Gasteiger partial charge in [-0.3, -0.25) is 0 Å². The van der Waals surface area contributed by atoms with E-state index in [0.717, 1.165) is 0 Å². The maximum atomic E-state index is 9.35. The molecule has 2 N–H and O–H groups in total. The van der Waals surface area contributed by atoms with Crippen molar-refractivity contribution < 1.29 is 5.11 Å². The van der Waals surface area contributed by atoms with Crippen LogP contribution in [0.1, 0.15) is 46.5 Å². The van der Waals surface area contributed by atoms with Gasteiger partial charge in [0.1, 0.15) is 0 Å². The topological polar surface area (TPSA) is 32.3 Å². The van der Waals surface area contributed by atoms with Crippen molar-refractivity contribution in [2.45, 2.75) is 58.0 Å². The Morgan fingerprint density at radius 3 is 2.54 bits per heavy atom. The molecule has 0 bridgehead atoms. The fourth-order valence-electron chi connectivity index (χ4n) is 2.08. The zero-order valence-electron chi connectivity index (χ0n) is 9.14. The van der Waals surface area contributed by atoms with Crippen molar-refractivity contribution in [3.05, 3.63) is 0 Å². The van der Waals surface area contributed by atoms with Crippen molar-refractivity contribution >= 4 is 0 Å². The van der Waals surface area contributed by atoms with E-state index in [-0.39, 0.29) is 12.1 Å². The Hall–Kier alpha value is -0.0800. The number of aliphatic hydroxyl groups is 1. The third kappa shape index (κ3) is 2.96. The van der Waals surface area contributed by atoms with Crippen LogP contribution in [0.3, 0.4) is 0 Å². The summed E-state index contributed by atoms with van der Waals surface area (Å²) in [6.07, 6.45) is 4.97. The van der Waals surface area contributed by atoms with Gasteiger partial charge in [-0.25, -0.2) is 0 Å². The lowest BCUT2D eigenvalue weighted by molar-refractivity contribution is 0.142. The van der Waals surface area contributed by atoms with Crippen molar-refractivity contribution in [2.75, 3.05) is 6.61 Å². The summed E-state index contributed by atoms with van der Waals surface area (Å²) in [5.41, 5.74) is -0.0193. The number of hydrogen-bond donors (Lipinski definition) is 2. The molecule has 2 unspecified atom stereocenters. The van der Waals surface area contributed by atoms with E-state index in [2.05, 4.69) is 26.1 Å². The van der Waals surface area contributed by atoms with Gasteiger partial charge in [-0.1, -0.05) is 13.3 Å². The molecule has 0 aromatic carbocycles. The summed E-state index contributed by atoms with van der Waals surface area (Å²) in [4.78, 5) is 0. The molecule has 1 aliphatic rings. The Bertz CT molecular complexity index is 156. The second-order valence-electron chi connectivity index (χ2n) is 4.68. The molecule has 1 rings (SSSR count). The van der Waals surface area contributed by atoms with Crippen LogP contribution in [0.5, 0.6) is 0 Å². The first-order chi connectivity index (χ1) is 6.12. The summed E-state index contributed by atoms with van der Waals surface area (Å²) in [7, 11) is 0. The molecule has 0 amide bonds. The number of nitrogens with one attached hydrogen (secondary N) is 1. The smallest absolute Gasteiger partial charge is 0.0613 e. The van der Waals surface area contributed by atoms with Gasteiger partial charge in [0.2, 0.25) is 0 Å². The Kier molecular flexibility index (Phi) is 3.74. The van der Waals surface area contributed by atoms with Crippen molar-refractivity contribution in [1.29, 1.82) is 0 Å². The van der Waals surface area contributed by atoms with Crippen LogP contribution in [-0.4, -0.2) is 23.3 Å². The molecule has 1 aliphatic carbocycles. The van der Waals surface area contributed by atoms with Crippen LogP contribution in [0.4, 0.5) is 0 Å². The SMILES string of the molecule is CCCC(C)NC(C)(CO)C1CC1. The van der Waals surface area contributed by atoms with Gasteiger partial charge in [-0.05, 0) is 39.0 Å². The predicted molar refractivity (Wildman–Crippen MR) is 55.7 cm³/mol. The van der Waals surface area contributed by atoms with E-state index in [1.165, 1.54) is 25.7 Å². The van der Waals surface area contributed by atoms with E-state index in [0.29, 0.717) is 12.0 Å². The number of hydrogen-bond acceptors (Lipinski definition) is 2. The minimum atomic E-state index is -0.0193. The normalized spacial score (nSPS) is 24.0. The highest BCUT2D eigenvalue weighted by Gasteiger charge is 2.41. The fourth-order valence-corrected chi connectivity index (χ4v) is 2.08. The van der Waals surface area contributed by atoms with Crippen molar-refractivity contribution in [3.63, 3.8) is 0 Å². The molecule has 0 aromatic rings. The van der Waals surface area contributed by atoms with Gasteiger partial charge < -0.3 is 10.4 Å². The summed E-state index contributed by atoms with van der Waals surface area (Å²) in [5.74, 6) is 0.705. The maximum Gasteiger partial charge on any atom is 0.0613 e. The standard InChI is InChI=1S/C11H23NO/c1-4-5-9(2)12-11(3,8-13)10-6-7-10/h9-10,12-13H,4-8H2,1-3H3. The van der Waals surface area contributed by atoms with Crippen LogP contribution < -0.4 is 5.32 Å². The van der Waals surface area contributed by atoms with Gasteiger partial charge in [0.15, 0.2) is 0 Å². The minimum absolute atomic E-state index is 0.0193. The molecule has 0 radical (unpaired) electrons. The molecule has 0 spiro atoms.